The van der Waals surface area contributed by atoms with E-state index in [0.717, 1.165) is 17.7 Å². The molecule has 0 spiro atoms. The first kappa shape index (κ1) is 21.9. The molecular formula is C20H28ClN5O2. The van der Waals surface area contributed by atoms with Crippen LogP contribution in [0.4, 0.5) is 0 Å². The highest BCUT2D eigenvalue weighted by Crippen LogP contribution is 2.27. The highest BCUT2D eigenvalue weighted by Gasteiger charge is 2.34. The highest BCUT2D eigenvalue weighted by atomic mass is 35.5. The number of nitrogens with zero attached hydrogens (tertiary/aromatic N) is 3. The normalized spacial score (nSPS) is 18.4. The van der Waals surface area contributed by atoms with E-state index in [1.54, 1.807) is 9.58 Å². The molecule has 1 fully saturated rings. The molecule has 1 aromatic carbocycles. The van der Waals surface area contributed by atoms with Gasteiger partial charge in [0.15, 0.2) is 0 Å². The molecule has 2 heterocycles. The van der Waals surface area contributed by atoms with Crippen molar-refractivity contribution in [3.63, 3.8) is 0 Å². The predicted molar refractivity (Wildman–Crippen MR) is 110 cm³/mol. The Labute approximate surface area is 171 Å². The Hall–Kier alpha value is -2.38. The lowest BCUT2D eigenvalue weighted by Crippen LogP contribution is -2.42. The summed E-state index contributed by atoms with van der Waals surface area (Å²) in [7, 11) is 1.87. The minimum absolute atomic E-state index is 0. The van der Waals surface area contributed by atoms with E-state index in [0.29, 0.717) is 19.6 Å². The van der Waals surface area contributed by atoms with Gasteiger partial charge in [-0.1, -0.05) is 30.3 Å². The standard InChI is InChI=1S/C20H27N5O2.ClH/c1-3-25(13-15-7-5-4-6-8-15)19(26)12-22-20(27)18-11-21-10-17(18)16-9-23-24(2)14-16;/h4-9,14,17-18,21H,3,10-13H2,1-2H3,(H,22,27);1H/t17-,18+;/m1./s1. The molecule has 0 unspecified atom stereocenters. The lowest BCUT2D eigenvalue weighted by atomic mass is 9.90. The topological polar surface area (TPSA) is 79.3 Å². The molecule has 152 valence electrons. The van der Waals surface area contributed by atoms with Crippen LogP contribution in [0.1, 0.15) is 24.0 Å². The maximum atomic E-state index is 12.7. The number of carbonyl (C=O) groups excluding carboxylic acids is 2. The zero-order chi connectivity index (χ0) is 19.2. The van der Waals surface area contributed by atoms with E-state index in [2.05, 4.69) is 15.7 Å². The fourth-order valence-corrected chi connectivity index (χ4v) is 3.52. The number of hydrogen-bond donors (Lipinski definition) is 2. The summed E-state index contributed by atoms with van der Waals surface area (Å²) in [6.07, 6.45) is 3.75. The molecule has 8 heteroatoms. The number of benzene rings is 1. The average Bonchev–Trinajstić information content (AvgIpc) is 3.33. The predicted octanol–water partition coefficient (Wildman–Crippen LogP) is 1.31. The van der Waals surface area contributed by atoms with Crippen molar-refractivity contribution in [2.75, 3.05) is 26.2 Å². The molecule has 0 bridgehead atoms. The van der Waals surface area contributed by atoms with E-state index in [1.165, 1.54) is 0 Å². The van der Waals surface area contributed by atoms with Crippen molar-refractivity contribution in [2.45, 2.75) is 19.4 Å². The fourth-order valence-electron chi connectivity index (χ4n) is 3.52. The van der Waals surface area contributed by atoms with Crippen molar-refractivity contribution in [3.8, 4) is 0 Å². The van der Waals surface area contributed by atoms with Gasteiger partial charge in [0, 0.05) is 45.3 Å². The van der Waals surface area contributed by atoms with Crippen LogP contribution in [-0.4, -0.2) is 52.7 Å². The molecule has 1 aromatic heterocycles. The van der Waals surface area contributed by atoms with E-state index in [1.807, 2.05) is 56.7 Å². The Morgan fingerprint density at radius 1 is 1.29 bits per heavy atom. The Kier molecular flexibility index (Phi) is 8.02. The lowest BCUT2D eigenvalue weighted by Gasteiger charge is -2.22. The van der Waals surface area contributed by atoms with Crippen LogP contribution in [-0.2, 0) is 23.2 Å². The van der Waals surface area contributed by atoms with Crippen LogP contribution in [0.15, 0.2) is 42.7 Å². The van der Waals surface area contributed by atoms with Crippen LogP contribution in [0.5, 0.6) is 0 Å². The van der Waals surface area contributed by atoms with Gasteiger partial charge < -0.3 is 15.5 Å². The van der Waals surface area contributed by atoms with Gasteiger partial charge in [0.05, 0.1) is 18.7 Å². The van der Waals surface area contributed by atoms with Gasteiger partial charge in [-0.3, -0.25) is 14.3 Å². The third kappa shape index (κ3) is 5.33. The van der Waals surface area contributed by atoms with Gasteiger partial charge in [-0.05, 0) is 18.1 Å². The molecule has 7 nitrogen and oxygen atoms in total. The quantitative estimate of drug-likeness (QED) is 0.728. The maximum absolute atomic E-state index is 12.7. The Morgan fingerprint density at radius 2 is 2.04 bits per heavy atom. The summed E-state index contributed by atoms with van der Waals surface area (Å²) in [4.78, 5) is 26.9. The van der Waals surface area contributed by atoms with Crippen LogP contribution < -0.4 is 10.6 Å². The van der Waals surface area contributed by atoms with Crippen molar-refractivity contribution >= 4 is 24.2 Å². The number of amides is 2. The maximum Gasteiger partial charge on any atom is 0.242 e. The molecule has 1 aliphatic rings. The first-order chi connectivity index (χ1) is 13.1. The van der Waals surface area contributed by atoms with Crippen LogP contribution in [0.3, 0.4) is 0 Å². The first-order valence-electron chi connectivity index (χ1n) is 9.37. The van der Waals surface area contributed by atoms with E-state index in [-0.39, 0.29) is 42.6 Å². The summed E-state index contributed by atoms with van der Waals surface area (Å²) >= 11 is 0. The largest absolute Gasteiger partial charge is 0.347 e. The second-order valence-corrected chi connectivity index (χ2v) is 6.93. The summed E-state index contributed by atoms with van der Waals surface area (Å²) in [5, 5.41) is 10.3. The van der Waals surface area contributed by atoms with E-state index in [9.17, 15) is 9.59 Å². The Bertz CT molecular complexity index is 780. The van der Waals surface area contributed by atoms with E-state index in [4.69, 9.17) is 0 Å². The fraction of sp³-hybridized carbons (Fsp3) is 0.450. The third-order valence-corrected chi connectivity index (χ3v) is 5.07. The van der Waals surface area contributed by atoms with Crippen molar-refractivity contribution in [1.29, 1.82) is 0 Å². The molecule has 2 amide bonds. The van der Waals surface area contributed by atoms with Gasteiger partial charge in [-0.2, -0.15) is 5.10 Å². The number of aromatic nitrogens is 2. The molecule has 2 atom stereocenters. The lowest BCUT2D eigenvalue weighted by molar-refractivity contribution is -0.134. The summed E-state index contributed by atoms with van der Waals surface area (Å²) in [5.74, 6) is -0.261. The Morgan fingerprint density at radius 3 is 2.68 bits per heavy atom. The highest BCUT2D eigenvalue weighted by molar-refractivity contribution is 5.86. The molecule has 0 radical (unpaired) electrons. The van der Waals surface area contributed by atoms with Gasteiger partial charge in [0.25, 0.3) is 0 Å². The van der Waals surface area contributed by atoms with E-state index >= 15 is 0 Å². The number of hydrogen-bond acceptors (Lipinski definition) is 4. The Balaban J connectivity index is 0.00000280. The monoisotopic (exact) mass is 405 g/mol. The summed E-state index contributed by atoms with van der Waals surface area (Å²) in [5.41, 5.74) is 2.13. The second-order valence-electron chi connectivity index (χ2n) is 6.93. The van der Waals surface area contributed by atoms with Crippen molar-refractivity contribution < 1.29 is 9.59 Å². The summed E-state index contributed by atoms with van der Waals surface area (Å²) < 4.78 is 1.74. The first-order valence-corrected chi connectivity index (χ1v) is 9.37. The van der Waals surface area contributed by atoms with Crippen molar-refractivity contribution in [1.82, 2.24) is 25.3 Å². The average molecular weight is 406 g/mol. The van der Waals surface area contributed by atoms with Gasteiger partial charge >= 0.3 is 0 Å². The number of carbonyl (C=O) groups is 2. The zero-order valence-corrected chi connectivity index (χ0v) is 17.1. The zero-order valence-electron chi connectivity index (χ0n) is 16.3. The molecule has 2 aromatic rings. The summed E-state index contributed by atoms with van der Waals surface area (Å²) in [6.45, 7) is 4.48. The van der Waals surface area contributed by atoms with Crippen molar-refractivity contribution in [2.24, 2.45) is 13.0 Å². The van der Waals surface area contributed by atoms with Gasteiger partial charge in [-0.25, -0.2) is 0 Å². The molecule has 0 aliphatic carbocycles. The van der Waals surface area contributed by atoms with E-state index < -0.39 is 0 Å². The number of halogens is 1. The molecule has 1 saturated heterocycles. The van der Waals surface area contributed by atoms with Gasteiger partial charge in [-0.15, -0.1) is 12.4 Å². The van der Waals surface area contributed by atoms with Crippen LogP contribution in [0.25, 0.3) is 0 Å². The van der Waals surface area contributed by atoms with Crippen molar-refractivity contribution in [3.05, 3.63) is 53.9 Å². The van der Waals surface area contributed by atoms with Crippen LogP contribution in [0, 0.1) is 5.92 Å². The number of aryl methyl sites for hydroxylation is 1. The number of rotatable bonds is 7. The molecule has 28 heavy (non-hydrogen) atoms. The van der Waals surface area contributed by atoms with Gasteiger partial charge in [0.1, 0.15) is 0 Å². The molecule has 0 saturated carbocycles. The number of nitrogens with one attached hydrogen (secondary N) is 2. The number of likely N-dealkylation sites (N-methyl/N-ethyl adjacent to an activating group) is 1. The SMILES string of the molecule is CCN(Cc1ccccc1)C(=O)CNC(=O)[C@H]1CNC[C@@H]1c1cnn(C)c1.Cl. The molecule has 2 N–H and O–H groups in total. The molecule has 3 rings (SSSR count). The van der Waals surface area contributed by atoms with Crippen LogP contribution in [0.2, 0.25) is 0 Å². The third-order valence-electron chi connectivity index (χ3n) is 5.07. The smallest absolute Gasteiger partial charge is 0.242 e. The minimum Gasteiger partial charge on any atom is -0.347 e. The summed E-state index contributed by atoms with van der Waals surface area (Å²) in [6, 6.07) is 9.87. The second kappa shape index (κ2) is 10.2. The minimum atomic E-state index is -0.189. The van der Waals surface area contributed by atoms with Gasteiger partial charge in [0.2, 0.25) is 11.8 Å². The molecule has 1 aliphatic heterocycles. The molecular weight excluding hydrogens is 378 g/mol. The van der Waals surface area contributed by atoms with Crippen LogP contribution >= 0.6 is 12.4 Å².